The van der Waals surface area contributed by atoms with Gasteiger partial charge in [-0.15, -0.1) is 0 Å². The van der Waals surface area contributed by atoms with E-state index in [-0.39, 0.29) is 42.6 Å². The molecule has 3 amide bonds. The van der Waals surface area contributed by atoms with Crippen LogP contribution in [0.25, 0.3) is 0 Å². The Balaban J connectivity index is 1.96. The molecule has 3 N–H and O–H groups in total. The number of likely N-dealkylation sites (N-methyl/N-ethyl adjacent to an activating group) is 1. The van der Waals surface area contributed by atoms with Crippen LogP contribution in [0.3, 0.4) is 0 Å². The van der Waals surface area contributed by atoms with Crippen molar-refractivity contribution in [2.75, 3.05) is 43.0 Å². The van der Waals surface area contributed by atoms with Gasteiger partial charge in [-0.05, 0) is 32.9 Å². The highest BCUT2D eigenvalue weighted by molar-refractivity contribution is 7.92. The number of amides is 3. The molecule has 0 fully saturated rings. The number of para-hydroxylation sites is 1. The maximum Gasteiger partial charge on any atom is 0.321 e. The molecule has 13 heteroatoms. The van der Waals surface area contributed by atoms with Crippen LogP contribution in [0.15, 0.2) is 22.7 Å². The molecule has 0 bridgehead atoms. The number of nitrogens with one attached hydrogen (secondary N) is 2. The van der Waals surface area contributed by atoms with Crippen LogP contribution in [-0.4, -0.2) is 85.6 Å². The number of aliphatic hydroxyl groups excluding tert-OH is 1. The molecule has 0 saturated carbocycles. The van der Waals surface area contributed by atoms with Crippen molar-refractivity contribution in [3.63, 3.8) is 0 Å². The molecule has 1 aromatic heterocycles. The number of nitrogens with zero attached hydrogens (tertiary/aromatic N) is 3. The third-order valence-corrected chi connectivity index (χ3v) is 6.64. The minimum absolute atomic E-state index is 0.0687. The van der Waals surface area contributed by atoms with Crippen LogP contribution in [0.5, 0.6) is 5.75 Å². The maximum absolute atomic E-state index is 13.4. The van der Waals surface area contributed by atoms with E-state index in [2.05, 4.69) is 15.2 Å². The topological polar surface area (TPSA) is 154 Å². The highest BCUT2D eigenvalue weighted by Crippen LogP contribution is 2.35. The molecular formula is C23H33N5O7S. The van der Waals surface area contributed by atoms with Gasteiger partial charge in [-0.25, -0.2) is 13.2 Å². The van der Waals surface area contributed by atoms with E-state index in [9.17, 15) is 23.1 Å². The van der Waals surface area contributed by atoms with Gasteiger partial charge in [0.25, 0.3) is 5.91 Å². The number of fused-ring (bicyclic) bond motifs is 1. The van der Waals surface area contributed by atoms with Crippen LogP contribution in [0, 0.1) is 19.8 Å². The van der Waals surface area contributed by atoms with Gasteiger partial charge in [0.05, 0.1) is 36.7 Å². The van der Waals surface area contributed by atoms with Crippen molar-refractivity contribution in [2.45, 2.75) is 39.8 Å². The Labute approximate surface area is 210 Å². The fourth-order valence-electron chi connectivity index (χ4n) is 3.96. The van der Waals surface area contributed by atoms with E-state index in [4.69, 9.17) is 9.26 Å². The van der Waals surface area contributed by atoms with Crippen LogP contribution in [0.2, 0.25) is 0 Å². The van der Waals surface area contributed by atoms with Crippen molar-refractivity contribution in [3.8, 4) is 5.75 Å². The Kier molecular flexibility index (Phi) is 8.14. The van der Waals surface area contributed by atoms with Gasteiger partial charge < -0.3 is 29.5 Å². The third kappa shape index (κ3) is 6.08. The number of aryl methyl sites for hydroxylation is 2. The van der Waals surface area contributed by atoms with Gasteiger partial charge in [0.15, 0.2) is 11.5 Å². The van der Waals surface area contributed by atoms with Gasteiger partial charge >= 0.3 is 6.03 Å². The molecule has 0 unspecified atom stereocenters. The fraction of sp³-hybridized carbons (Fsp3) is 0.522. The molecule has 36 heavy (non-hydrogen) atoms. The van der Waals surface area contributed by atoms with E-state index in [1.165, 1.54) is 15.9 Å². The first kappa shape index (κ1) is 27.3. The van der Waals surface area contributed by atoms with Crippen molar-refractivity contribution in [1.82, 2.24) is 15.0 Å². The Morgan fingerprint density at radius 1 is 1.36 bits per heavy atom. The molecule has 12 nitrogen and oxygen atoms in total. The number of ether oxygens (including phenoxy) is 1. The van der Waals surface area contributed by atoms with E-state index in [0.717, 1.165) is 6.26 Å². The fourth-order valence-corrected chi connectivity index (χ4v) is 4.52. The minimum atomic E-state index is -3.67. The second-order valence-electron chi connectivity index (χ2n) is 9.19. The Morgan fingerprint density at radius 2 is 2.06 bits per heavy atom. The molecule has 0 saturated heterocycles. The summed E-state index contributed by atoms with van der Waals surface area (Å²) in [5.74, 6) is -0.128. The molecule has 3 rings (SSSR count). The summed E-state index contributed by atoms with van der Waals surface area (Å²) in [6, 6.07) is 3.70. The first-order valence-corrected chi connectivity index (χ1v) is 13.4. The summed E-state index contributed by atoms with van der Waals surface area (Å²) >= 11 is 0. The second-order valence-corrected chi connectivity index (χ2v) is 10.9. The number of carbonyl (C=O) groups is 2. The molecule has 198 valence electrons. The standard InChI is InChI=1S/C23H33N5O7S/c1-13-10-28(14(2)12-29)22(30)17-8-7-9-18(26-36(6,32)33)21(17)34-19(13)11-27(5)23(31)24-20-15(3)25-35-16(20)4/h7-9,13-14,19,26,29H,10-12H2,1-6H3,(H,24,31)/t13-,14+,19+/m1/s1. The largest absolute Gasteiger partial charge is 0.485 e. The maximum atomic E-state index is 13.4. The number of hydrogen-bond donors (Lipinski definition) is 3. The lowest BCUT2D eigenvalue weighted by Crippen LogP contribution is -2.50. The van der Waals surface area contributed by atoms with E-state index < -0.39 is 34.1 Å². The lowest BCUT2D eigenvalue weighted by molar-refractivity contribution is 0.0373. The molecule has 0 spiro atoms. The predicted octanol–water partition coefficient (Wildman–Crippen LogP) is 2.05. The van der Waals surface area contributed by atoms with Gasteiger partial charge in [0.2, 0.25) is 10.0 Å². The number of rotatable bonds is 7. The molecule has 1 aliphatic rings. The van der Waals surface area contributed by atoms with Crippen molar-refractivity contribution >= 4 is 33.3 Å². The zero-order valence-electron chi connectivity index (χ0n) is 21.2. The normalized spacial score (nSPS) is 19.0. The molecule has 2 aromatic rings. The number of benzene rings is 1. The summed E-state index contributed by atoms with van der Waals surface area (Å²) in [6.45, 7) is 7.13. The molecule has 0 aliphatic carbocycles. The van der Waals surface area contributed by atoms with Crippen LogP contribution in [0.4, 0.5) is 16.2 Å². The quantitative estimate of drug-likeness (QED) is 0.498. The molecular weight excluding hydrogens is 490 g/mol. The highest BCUT2D eigenvalue weighted by atomic mass is 32.2. The molecule has 1 aromatic carbocycles. The van der Waals surface area contributed by atoms with Gasteiger partial charge in [0, 0.05) is 19.5 Å². The van der Waals surface area contributed by atoms with E-state index in [1.807, 2.05) is 6.92 Å². The van der Waals surface area contributed by atoms with Gasteiger partial charge in [-0.2, -0.15) is 0 Å². The Morgan fingerprint density at radius 3 is 2.64 bits per heavy atom. The smallest absolute Gasteiger partial charge is 0.321 e. The monoisotopic (exact) mass is 523 g/mol. The average Bonchev–Trinajstić information content (AvgIpc) is 3.12. The number of sulfonamides is 1. The zero-order chi connectivity index (χ0) is 26.8. The lowest BCUT2D eigenvalue weighted by Gasteiger charge is -2.38. The minimum Gasteiger partial charge on any atom is -0.485 e. The number of urea groups is 1. The van der Waals surface area contributed by atoms with Gasteiger partial charge in [-0.1, -0.05) is 18.1 Å². The van der Waals surface area contributed by atoms with Crippen LogP contribution >= 0.6 is 0 Å². The van der Waals surface area contributed by atoms with E-state index >= 15 is 0 Å². The van der Waals surface area contributed by atoms with Crippen LogP contribution < -0.4 is 14.8 Å². The SMILES string of the molecule is Cc1noc(C)c1NC(=O)N(C)C[C@@H]1Oc2c(NS(C)(=O)=O)cccc2C(=O)N([C@@H](C)CO)C[C@H]1C. The van der Waals surface area contributed by atoms with Crippen LogP contribution in [0.1, 0.15) is 35.7 Å². The molecule has 1 aliphatic heterocycles. The zero-order valence-corrected chi connectivity index (χ0v) is 22.0. The summed E-state index contributed by atoms with van der Waals surface area (Å²) in [5, 5.41) is 16.4. The third-order valence-electron chi connectivity index (χ3n) is 6.05. The molecule has 0 radical (unpaired) electrons. The first-order valence-electron chi connectivity index (χ1n) is 11.5. The summed E-state index contributed by atoms with van der Waals surface area (Å²) in [6.07, 6.45) is 0.387. The van der Waals surface area contributed by atoms with E-state index in [0.29, 0.717) is 17.1 Å². The summed E-state index contributed by atoms with van der Waals surface area (Å²) in [5.41, 5.74) is 1.30. The highest BCUT2D eigenvalue weighted by Gasteiger charge is 2.35. The first-order chi connectivity index (χ1) is 16.8. The lowest BCUT2D eigenvalue weighted by atomic mass is 9.99. The summed E-state index contributed by atoms with van der Waals surface area (Å²) in [4.78, 5) is 29.3. The molecule has 3 atom stereocenters. The van der Waals surface area contributed by atoms with Crippen molar-refractivity contribution in [1.29, 1.82) is 0 Å². The number of hydrogen-bond acceptors (Lipinski definition) is 8. The van der Waals surface area contributed by atoms with Crippen molar-refractivity contribution in [3.05, 3.63) is 35.2 Å². The number of aromatic nitrogens is 1. The summed E-state index contributed by atoms with van der Waals surface area (Å²) in [7, 11) is -2.07. The summed E-state index contributed by atoms with van der Waals surface area (Å²) < 4.78 is 37.8. The number of aliphatic hydroxyl groups is 1. The number of anilines is 2. The van der Waals surface area contributed by atoms with Gasteiger partial charge in [-0.3, -0.25) is 9.52 Å². The average molecular weight is 524 g/mol. The van der Waals surface area contributed by atoms with Crippen molar-refractivity contribution < 1.29 is 32.4 Å². The Bertz CT molecular complexity index is 1210. The van der Waals surface area contributed by atoms with Crippen molar-refractivity contribution in [2.24, 2.45) is 5.92 Å². The van der Waals surface area contributed by atoms with E-state index in [1.54, 1.807) is 40.0 Å². The van der Waals surface area contributed by atoms with Crippen LogP contribution in [-0.2, 0) is 10.0 Å². The number of carbonyl (C=O) groups excluding carboxylic acids is 2. The second kappa shape index (κ2) is 10.7. The predicted molar refractivity (Wildman–Crippen MR) is 134 cm³/mol. The van der Waals surface area contributed by atoms with Gasteiger partial charge in [0.1, 0.15) is 17.5 Å². The molecule has 2 heterocycles. The Hall–Kier alpha value is -3.32.